The molecule has 0 saturated heterocycles. The SMILES string of the molecule is CN=C(NCCCOC)NCCCOC1CCCc2ccccc21. The summed E-state index contributed by atoms with van der Waals surface area (Å²) in [6.07, 6.45) is 5.74. The van der Waals surface area contributed by atoms with Crippen LogP contribution >= 0.6 is 0 Å². The number of aryl methyl sites for hydroxylation is 1. The average Bonchev–Trinajstić information content (AvgIpc) is 2.63. The Balaban J connectivity index is 1.61. The molecule has 1 aromatic carbocycles. The number of guanidine groups is 1. The molecule has 0 radical (unpaired) electrons. The lowest BCUT2D eigenvalue weighted by Gasteiger charge is -2.25. The first-order chi connectivity index (χ1) is 11.8. The van der Waals surface area contributed by atoms with Gasteiger partial charge in [-0.1, -0.05) is 24.3 Å². The first-order valence-electron chi connectivity index (χ1n) is 8.98. The number of rotatable bonds is 9. The third-order valence-electron chi connectivity index (χ3n) is 4.29. The molecule has 1 aliphatic rings. The van der Waals surface area contributed by atoms with Crippen LogP contribution in [-0.2, 0) is 15.9 Å². The summed E-state index contributed by atoms with van der Waals surface area (Å²) in [4.78, 5) is 4.22. The van der Waals surface area contributed by atoms with Gasteiger partial charge in [0.25, 0.3) is 0 Å². The first kappa shape index (κ1) is 18.7. The molecule has 0 aliphatic heterocycles. The fourth-order valence-corrected chi connectivity index (χ4v) is 3.03. The van der Waals surface area contributed by atoms with Crippen molar-refractivity contribution in [1.82, 2.24) is 10.6 Å². The Labute approximate surface area is 145 Å². The summed E-state index contributed by atoms with van der Waals surface area (Å²) in [7, 11) is 3.51. The van der Waals surface area contributed by atoms with Crippen LogP contribution in [0.25, 0.3) is 0 Å². The van der Waals surface area contributed by atoms with Crippen molar-refractivity contribution < 1.29 is 9.47 Å². The fraction of sp³-hybridized carbons (Fsp3) is 0.632. The summed E-state index contributed by atoms with van der Waals surface area (Å²) in [5, 5.41) is 6.60. The molecule has 1 aromatic rings. The molecule has 24 heavy (non-hydrogen) atoms. The van der Waals surface area contributed by atoms with Gasteiger partial charge in [-0.15, -0.1) is 0 Å². The van der Waals surface area contributed by atoms with Gasteiger partial charge in [0.2, 0.25) is 0 Å². The van der Waals surface area contributed by atoms with Gasteiger partial charge in [0, 0.05) is 40.5 Å². The molecule has 0 saturated carbocycles. The topological polar surface area (TPSA) is 54.9 Å². The number of benzene rings is 1. The normalized spacial score (nSPS) is 17.4. The van der Waals surface area contributed by atoms with E-state index in [1.165, 1.54) is 24.0 Å². The Kier molecular flexibility index (Phi) is 8.63. The predicted octanol–water partition coefficient (Wildman–Crippen LogP) is 2.67. The summed E-state index contributed by atoms with van der Waals surface area (Å²) >= 11 is 0. The van der Waals surface area contributed by atoms with E-state index < -0.39 is 0 Å². The molecule has 0 spiro atoms. The van der Waals surface area contributed by atoms with E-state index >= 15 is 0 Å². The molecule has 0 aromatic heterocycles. The second kappa shape index (κ2) is 11.0. The molecule has 1 aliphatic carbocycles. The quantitative estimate of drug-likeness (QED) is 0.414. The van der Waals surface area contributed by atoms with Crippen LogP contribution in [0.2, 0.25) is 0 Å². The second-order valence-corrected chi connectivity index (χ2v) is 6.08. The molecule has 5 heteroatoms. The van der Waals surface area contributed by atoms with E-state index in [0.29, 0.717) is 0 Å². The van der Waals surface area contributed by atoms with E-state index in [2.05, 4.69) is 39.9 Å². The van der Waals surface area contributed by atoms with Crippen molar-refractivity contribution in [3.05, 3.63) is 35.4 Å². The fourth-order valence-electron chi connectivity index (χ4n) is 3.03. The lowest BCUT2D eigenvalue weighted by atomic mass is 9.89. The number of hydrogen-bond donors (Lipinski definition) is 2. The van der Waals surface area contributed by atoms with Crippen molar-refractivity contribution in [2.24, 2.45) is 4.99 Å². The van der Waals surface area contributed by atoms with Crippen molar-refractivity contribution in [1.29, 1.82) is 0 Å². The zero-order chi connectivity index (χ0) is 17.0. The van der Waals surface area contributed by atoms with Gasteiger partial charge in [-0.05, 0) is 43.2 Å². The van der Waals surface area contributed by atoms with Crippen LogP contribution in [0.3, 0.4) is 0 Å². The Bertz CT molecular complexity index is 505. The number of hydrogen-bond acceptors (Lipinski definition) is 3. The van der Waals surface area contributed by atoms with Crippen LogP contribution in [0.4, 0.5) is 0 Å². The smallest absolute Gasteiger partial charge is 0.190 e. The average molecular weight is 333 g/mol. The Morgan fingerprint density at radius 1 is 1.17 bits per heavy atom. The second-order valence-electron chi connectivity index (χ2n) is 6.08. The van der Waals surface area contributed by atoms with Crippen LogP contribution in [0, 0.1) is 0 Å². The van der Waals surface area contributed by atoms with Crippen LogP contribution < -0.4 is 10.6 Å². The molecule has 134 valence electrons. The van der Waals surface area contributed by atoms with Crippen LogP contribution in [0.1, 0.15) is 42.9 Å². The van der Waals surface area contributed by atoms with Gasteiger partial charge < -0.3 is 20.1 Å². The summed E-state index contributed by atoms with van der Waals surface area (Å²) in [5.41, 5.74) is 2.83. The van der Waals surface area contributed by atoms with Crippen molar-refractivity contribution in [3.8, 4) is 0 Å². The Morgan fingerprint density at radius 2 is 1.92 bits per heavy atom. The summed E-state index contributed by atoms with van der Waals surface area (Å²) in [5.74, 6) is 0.842. The van der Waals surface area contributed by atoms with Crippen LogP contribution in [0.15, 0.2) is 29.3 Å². The van der Waals surface area contributed by atoms with Gasteiger partial charge >= 0.3 is 0 Å². The third-order valence-corrected chi connectivity index (χ3v) is 4.29. The number of fused-ring (bicyclic) bond motifs is 1. The van der Waals surface area contributed by atoms with E-state index in [4.69, 9.17) is 9.47 Å². The van der Waals surface area contributed by atoms with Gasteiger partial charge in [-0.2, -0.15) is 0 Å². The van der Waals surface area contributed by atoms with E-state index in [9.17, 15) is 0 Å². The highest BCUT2D eigenvalue weighted by Gasteiger charge is 2.19. The molecule has 0 bridgehead atoms. The van der Waals surface area contributed by atoms with Gasteiger partial charge in [-0.3, -0.25) is 4.99 Å². The Morgan fingerprint density at radius 3 is 2.67 bits per heavy atom. The standard InChI is InChI=1S/C19H31N3O2/c1-20-19(21-12-6-14-23-2)22-13-7-15-24-18-11-5-9-16-8-3-4-10-17(16)18/h3-4,8,10,18H,5-7,9,11-15H2,1-2H3,(H2,20,21,22). The van der Waals surface area contributed by atoms with Crippen molar-refractivity contribution >= 4 is 5.96 Å². The molecule has 0 heterocycles. The zero-order valence-corrected chi connectivity index (χ0v) is 15.0. The number of aliphatic imine (C=N–C) groups is 1. The minimum atomic E-state index is 0.265. The van der Waals surface area contributed by atoms with Gasteiger partial charge in [-0.25, -0.2) is 0 Å². The molecule has 2 N–H and O–H groups in total. The largest absolute Gasteiger partial charge is 0.385 e. The molecule has 0 amide bonds. The third kappa shape index (κ3) is 6.13. The number of ether oxygens (including phenoxy) is 2. The number of methoxy groups -OCH3 is 1. The minimum Gasteiger partial charge on any atom is -0.385 e. The van der Waals surface area contributed by atoms with Crippen molar-refractivity contribution in [2.45, 2.75) is 38.2 Å². The van der Waals surface area contributed by atoms with Crippen LogP contribution in [0.5, 0.6) is 0 Å². The van der Waals surface area contributed by atoms with Crippen LogP contribution in [-0.4, -0.2) is 46.4 Å². The molecule has 1 atom stereocenters. The van der Waals surface area contributed by atoms with E-state index in [-0.39, 0.29) is 6.10 Å². The Hall–Kier alpha value is -1.59. The lowest BCUT2D eigenvalue weighted by molar-refractivity contribution is 0.0398. The summed E-state index contributed by atoms with van der Waals surface area (Å²) < 4.78 is 11.2. The van der Waals surface area contributed by atoms with Crippen molar-refractivity contribution in [3.63, 3.8) is 0 Å². The minimum absolute atomic E-state index is 0.265. The van der Waals surface area contributed by atoms with Gasteiger partial charge in [0.05, 0.1) is 6.10 Å². The maximum atomic E-state index is 6.12. The van der Waals surface area contributed by atoms with E-state index in [0.717, 1.165) is 51.5 Å². The molecular weight excluding hydrogens is 302 g/mol. The number of nitrogens with one attached hydrogen (secondary N) is 2. The molecule has 2 rings (SSSR count). The summed E-state index contributed by atoms with van der Waals surface area (Å²) in [6.45, 7) is 3.26. The highest BCUT2D eigenvalue weighted by Crippen LogP contribution is 2.32. The number of nitrogens with zero attached hydrogens (tertiary/aromatic N) is 1. The molecule has 5 nitrogen and oxygen atoms in total. The first-order valence-corrected chi connectivity index (χ1v) is 8.98. The predicted molar refractivity (Wildman–Crippen MR) is 98.5 cm³/mol. The van der Waals surface area contributed by atoms with Crippen molar-refractivity contribution in [2.75, 3.05) is 40.5 Å². The van der Waals surface area contributed by atoms with E-state index in [1.807, 2.05) is 0 Å². The lowest BCUT2D eigenvalue weighted by Crippen LogP contribution is -2.38. The van der Waals surface area contributed by atoms with Gasteiger partial charge in [0.1, 0.15) is 0 Å². The zero-order valence-electron chi connectivity index (χ0n) is 15.0. The molecule has 0 fully saturated rings. The van der Waals surface area contributed by atoms with Gasteiger partial charge in [0.15, 0.2) is 5.96 Å². The summed E-state index contributed by atoms with van der Waals surface area (Å²) in [6, 6.07) is 8.67. The maximum absolute atomic E-state index is 6.12. The highest BCUT2D eigenvalue weighted by atomic mass is 16.5. The highest BCUT2D eigenvalue weighted by molar-refractivity contribution is 5.79. The molecular formula is C19H31N3O2. The van der Waals surface area contributed by atoms with E-state index in [1.54, 1.807) is 14.2 Å². The molecule has 1 unspecified atom stereocenters. The maximum Gasteiger partial charge on any atom is 0.190 e. The monoisotopic (exact) mass is 333 g/mol.